The van der Waals surface area contributed by atoms with E-state index in [-0.39, 0.29) is 21.1 Å². The topological polar surface area (TPSA) is 82.8 Å². The van der Waals surface area contributed by atoms with Gasteiger partial charge in [-0.1, -0.05) is 0 Å². The predicted octanol–water partition coefficient (Wildman–Crippen LogP) is -0.816. The summed E-state index contributed by atoms with van der Waals surface area (Å²) in [4.78, 5) is 0. The summed E-state index contributed by atoms with van der Waals surface area (Å²) < 4.78 is 23.5. The maximum Gasteiger partial charge on any atom is 0 e. The summed E-state index contributed by atoms with van der Waals surface area (Å²) in [5.74, 6) is 0. The van der Waals surface area contributed by atoms with Crippen molar-refractivity contribution in [3.05, 3.63) is 20.0 Å². The Balaban J connectivity index is -0.0000000156. The van der Waals surface area contributed by atoms with Gasteiger partial charge in [-0.15, -0.1) is 0 Å². The zero-order valence-electron chi connectivity index (χ0n) is 8.99. The molecule has 0 saturated heterocycles. The number of quaternary nitrogens is 1. The average molecular weight is 285 g/mol. The van der Waals surface area contributed by atoms with Crippen LogP contribution in [0.3, 0.4) is 0 Å². The van der Waals surface area contributed by atoms with Crippen LogP contribution in [0.25, 0.3) is 0 Å². The van der Waals surface area contributed by atoms with Crippen LogP contribution in [-0.2, 0) is 35.0 Å². The smallest absolute Gasteiger partial charge is 0 e. The average Bonchev–Trinajstić information content (AvgIpc) is 2.14. The van der Waals surface area contributed by atoms with Gasteiger partial charge in [0.05, 0.1) is 28.2 Å². The summed E-state index contributed by atoms with van der Waals surface area (Å²) in [6.07, 6.45) is 0. The van der Waals surface area contributed by atoms with Crippen LogP contribution < -0.4 is 5.11 Å². The van der Waals surface area contributed by atoms with Crippen molar-refractivity contribution in [3.63, 3.8) is 0 Å². The molecule has 0 N–H and O–H groups in total. The Morgan fingerprint density at radius 2 is 0.714 bits per heavy atom. The molecule has 0 aliphatic carbocycles. The third-order valence-corrected chi connectivity index (χ3v) is 0. The third kappa shape index (κ3) is 47100. The summed E-state index contributed by atoms with van der Waals surface area (Å²) in [6, 6.07) is 0. The quantitative estimate of drug-likeness (QED) is 0.248. The van der Waals surface area contributed by atoms with Crippen molar-refractivity contribution in [2.75, 3.05) is 35.3 Å². The third-order valence-electron chi connectivity index (χ3n) is 0. The zero-order valence-corrected chi connectivity index (χ0v) is 11.0. The maximum atomic E-state index is 8.25. The Morgan fingerprint density at radius 3 is 0.714 bits per heavy atom. The van der Waals surface area contributed by atoms with E-state index >= 15 is 0 Å². The fraction of sp³-hybridized carbons (Fsp3) is 0.625. The number of hydrogen-bond acceptors (Lipinski definition) is 1. The van der Waals surface area contributed by atoms with E-state index in [4.69, 9.17) is 19.1 Å². The normalized spacial score (nSPS) is 5.14. The first-order chi connectivity index (χ1) is 6.00. The molecule has 0 unspecified atom stereocenters. The first-order valence-corrected chi connectivity index (χ1v) is 2.81. The van der Waals surface area contributed by atoms with Crippen LogP contribution in [0.2, 0.25) is 0 Å². The molecule has 0 aromatic carbocycles. The summed E-state index contributed by atoms with van der Waals surface area (Å²) in [6.45, 7) is 13.5. The molecule has 82 valence electrons. The molecule has 0 aliphatic heterocycles. The van der Waals surface area contributed by atoms with E-state index in [9.17, 15) is 0 Å². The first kappa shape index (κ1) is 37.1. The van der Waals surface area contributed by atoms with Crippen molar-refractivity contribution < 1.29 is 44.6 Å². The molecular formula is C8H15MoNO4. The van der Waals surface area contributed by atoms with E-state index in [1.54, 1.807) is 0 Å². The van der Waals surface area contributed by atoms with Gasteiger partial charge in [-0.2, -0.15) is 7.11 Å². The van der Waals surface area contributed by atoms with Crippen LogP contribution in [0.5, 0.6) is 0 Å². The monoisotopic (exact) mass is 287 g/mol. The van der Waals surface area contributed by atoms with Crippen LogP contribution in [0, 0.1) is 20.0 Å². The van der Waals surface area contributed by atoms with Gasteiger partial charge in [-0.05, 0) is 0 Å². The minimum Gasteiger partial charge on any atom is 0 e. The molecule has 0 amide bonds. The van der Waals surface area contributed by atoms with Gasteiger partial charge in [0, 0.05) is 21.1 Å². The molecular weight excluding hydrogens is 270 g/mol. The maximum absolute atomic E-state index is 8.25. The fourth-order valence-electron chi connectivity index (χ4n) is 0. The second kappa shape index (κ2) is 52.8. The molecule has 0 aliphatic rings. The van der Waals surface area contributed by atoms with Gasteiger partial charge in [0.25, 0.3) is 0 Å². The second-order valence-corrected chi connectivity index (χ2v) is 2.68. The molecule has 0 rings (SSSR count). The molecule has 0 atom stereocenters. The largest absolute Gasteiger partial charge is 0 e. The second-order valence-electron chi connectivity index (χ2n) is 2.68. The Morgan fingerprint density at radius 1 is 0.714 bits per heavy atom. The van der Waals surface area contributed by atoms with Gasteiger partial charge in [-0.25, -0.2) is 0 Å². The minimum absolute atomic E-state index is 0. The predicted molar refractivity (Wildman–Crippen MR) is 41.7 cm³/mol. The molecule has 0 saturated carbocycles. The molecule has 6 heteroatoms. The molecule has 0 spiro atoms. The number of nitrogens with zero attached hydrogens (tertiary/aromatic N) is 1. The van der Waals surface area contributed by atoms with Gasteiger partial charge < -0.3 is 9.59 Å². The van der Waals surface area contributed by atoms with Crippen molar-refractivity contribution in [2.45, 2.75) is 0 Å². The SMILES string of the molecule is C[N+](C)(C)C.C[O-].[C-]#[O+].[C-]#[O+].[C-]#[O+].[Mo]. The Kier molecular flexibility index (Phi) is 140. The minimum atomic E-state index is 0. The summed E-state index contributed by atoms with van der Waals surface area (Å²) in [5.41, 5.74) is 0. The van der Waals surface area contributed by atoms with E-state index in [2.05, 4.69) is 48.1 Å². The van der Waals surface area contributed by atoms with Gasteiger partial charge in [0.2, 0.25) is 0 Å². The first-order valence-electron chi connectivity index (χ1n) is 2.81. The Bertz CT molecular complexity index is 94.5. The van der Waals surface area contributed by atoms with Crippen LogP contribution in [0.4, 0.5) is 0 Å². The Labute approximate surface area is 100 Å². The summed E-state index contributed by atoms with van der Waals surface area (Å²) >= 11 is 0. The molecule has 0 aromatic heterocycles. The molecule has 0 heterocycles. The van der Waals surface area contributed by atoms with E-state index in [1.807, 2.05) is 0 Å². The summed E-state index contributed by atoms with van der Waals surface area (Å²) in [7, 11) is 9.25. The van der Waals surface area contributed by atoms with Crippen LogP contribution in [0.15, 0.2) is 0 Å². The van der Waals surface area contributed by atoms with Crippen LogP contribution in [0.1, 0.15) is 0 Å². The van der Waals surface area contributed by atoms with Crippen molar-refractivity contribution in [2.24, 2.45) is 0 Å². The van der Waals surface area contributed by atoms with Gasteiger partial charge >= 0.3 is 33.9 Å². The molecule has 5 nitrogen and oxygen atoms in total. The van der Waals surface area contributed by atoms with Gasteiger partial charge in [0.1, 0.15) is 0 Å². The van der Waals surface area contributed by atoms with Crippen molar-refractivity contribution in [1.29, 1.82) is 0 Å². The van der Waals surface area contributed by atoms with Crippen LogP contribution >= 0.6 is 0 Å². The fourth-order valence-corrected chi connectivity index (χ4v) is 0. The number of hydrogen-bond donors (Lipinski definition) is 0. The van der Waals surface area contributed by atoms with Gasteiger partial charge in [0.15, 0.2) is 0 Å². The summed E-state index contributed by atoms with van der Waals surface area (Å²) in [5, 5.41) is 8.25. The van der Waals surface area contributed by atoms with Crippen molar-refractivity contribution in [1.82, 2.24) is 0 Å². The zero-order chi connectivity index (χ0) is 12.5. The van der Waals surface area contributed by atoms with E-state index in [0.29, 0.717) is 0 Å². The van der Waals surface area contributed by atoms with Crippen molar-refractivity contribution >= 4 is 0 Å². The standard InChI is InChI=1S/C4H12N.CH3O.3CO.Mo/c1-5(2,3)4;4*1-2;/h1-4H3;1H3;;;;/q+1;-1;;;;. The molecule has 0 bridgehead atoms. The van der Waals surface area contributed by atoms with Gasteiger partial charge in [-0.3, -0.25) is 0 Å². The van der Waals surface area contributed by atoms with Crippen molar-refractivity contribution in [3.8, 4) is 0 Å². The number of rotatable bonds is 0. The molecule has 0 fully saturated rings. The molecule has 14 heavy (non-hydrogen) atoms. The Hall–Kier alpha value is -0.172. The van der Waals surface area contributed by atoms with E-state index in [0.717, 1.165) is 11.6 Å². The molecule has 0 aromatic rings. The van der Waals surface area contributed by atoms with Crippen LogP contribution in [-0.4, -0.2) is 39.8 Å². The molecule has 0 radical (unpaired) electrons. The van der Waals surface area contributed by atoms with E-state index in [1.165, 1.54) is 0 Å². The van der Waals surface area contributed by atoms with E-state index < -0.39 is 0 Å².